The summed E-state index contributed by atoms with van der Waals surface area (Å²) in [6.45, 7) is 2.70. The maximum atomic E-state index is 12.7. The summed E-state index contributed by atoms with van der Waals surface area (Å²) in [4.78, 5) is 14.6. The van der Waals surface area contributed by atoms with Gasteiger partial charge in [0.05, 0.1) is 7.11 Å². The largest absolute Gasteiger partial charge is 0.496 e. The third-order valence-corrected chi connectivity index (χ3v) is 3.99. The number of carbonyl (C=O) groups is 1. The lowest BCUT2D eigenvalue weighted by Gasteiger charge is -2.37. The molecule has 2 rings (SSSR count). The summed E-state index contributed by atoms with van der Waals surface area (Å²) in [6, 6.07) is 5.91. The predicted octanol–water partition coefficient (Wildman–Crippen LogP) is 2.38. The van der Waals surface area contributed by atoms with E-state index < -0.39 is 0 Å². The first-order valence-corrected chi connectivity index (χ1v) is 7.24. The van der Waals surface area contributed by atoms with Gasteiger partial charge in [-0.15, -0.1) is 0 Å². The molecule has 1 fully saturated rings. The number of rotatable bonds is 6. The number of hydrogen-bond acceptors (Lipinski definition) is 3. The number of hydrogen-bond donors (Lipinski definition) is 1. The van der Waals surface area contributed by atoms with E-state index in [1.165, 1.54) is 6.42 Å². The van der Waals surface area contributed by atoms with Crippen LogP contribution in [0.5, 0.6) is 5.75 Å². The number of aryl methyl sites for hydroxylation is 1. The topological polar surface area (TPSA) is 49.8 Å². The molecular formula is C16H23NO3. The second kappa shape index (κ2) is 6.75. The Hall–Kier alpha value is -1.55. The highest BCUT2D eigenvalue weighted by atomic mass is 16.5. The Kier molecular flexibility index (Phi) is 5.01. The van der Waals surface area contributed by atoms with E-state index in [1.807, 2.05) is 30.0 Å². The predicted molar refractivity (Wildman–Crippen MR) is 78.1 cm³/mol. The van der Waals surface area contributed by atoms with Gasteiger partial charge in [-0.1, -0.05) is 6.07 Å². The molecule has 0 radical (unpaired) electrons. The molecule has 0 bridgehead atoms. The Labute approximate surface area is 120 Å². The highest BCUT2D eigenvalue weighted by molar-refractivity contribution is 5.95. The van der Waals surface area contributed by atoms with Crippen molar-refractivity contribution in [1.29, 1.82) is 0 Å². The molecule has 0 unspecified atom stereocenters. The average Bonchev–Trinajstić information content (AvgIpc) is 2.41. The van der Waals surface area contributed by atoms with Crippen LogP contribution in [-0.4, -0.2) is 42.2 Å². The summed E-state index contributed by atoms with van der Waals surface area (Å²) < 4.78 is 5.29. The molecule has 1 aliphatic rings. The van der Waals surface area contributed by atoms with Crippen LogP contribution < -0.4 is 4.74 Å². The quantitative estimate of drug-likeness (QED) is 0.868. The number of amides is 1. The van der Waals surface area contributed by atoms with Gasteiger partial charge in [0, 0.05) is 24.8 Å². The fourth-order valence-corrected chi connectivity index (χ4v) is 2.51. The molecule has 1 amide bonds. The smallest absolute Gasteiger partial charge is 0.254 e. The fraction of sp³-hybridized carbons (Fsp3) is 0.562. The molecule has 1 aromatic rings. The van der Waals surface area contributed by atoms with Crippen molar-refractivity contribution in [2.75, 3.05) is 20.3 Å². The normalized spacial score (nSPS) is 14.8. The molecule has 110 valence electrons. The summed E-state index contributed by atoms with van der Waals surface area (Å²) in [6.07, 6.45) is 3.95. The van der Waals surface area contributed by atoms with Crippen LogP contribution >= 0.6 is 0 Å². The van der Waals surface area contributed by atoms with Crippen molar-refractivity contribution >= 4 is 5.91 Å². The van der Waals surface area contributed by atoms with E-state index in [4.69, 9.17) is 9.84 Å². The number of ether oxygens (including phenoxy) is 1. The number of aliphatic hydroxyl groups excluding tert-OH is 1. The SMILES string of the molecule is COc1cc(C(=O)N(CCCO)C2CCC2)ccc1C. The summed E-state index contributed by atoms with van der Waals surface area (Å²) >= 11 is 0. The van der Waals surface area contributed by atoms with Crippen LogP contribution in [0.2, 0.25) is 0 Å². The van der Waals surface area contributed by atoms with Crippen LogP contribution in [0.4, 0.5) is 0 Å². The highest BCUT2D eigenvalue weighted by Gasteiger charge is 2.29. The second-order valence-electron chi connectivity index (χ2n) is 5.34. The van der Waals surface area contributed by atoms with E-state index in [1.54, 1.807) is 7.11 Å². The van der Waals surface area contributed by atoms with Gasteiger partial charge >= 0.3 is 0 Å². The molecule has 20 heavy (non-hydrogen) atoms. The number of benzene rings is 1. The minimum atomic E-state index is 0.0430. The molecule has 1 aromatic carbocycles. The Bertz CT molecular complexity index is 469. The molecule has 0 heterocycles. The van der Waals surface area contributed by atoms with Gasteiger partial charge in [-0.25, -0.2) is 0 Å². The first-order chi connectivity index (χ1) is 9.67. The van der Waals surface area contributed by atoms with Crippen molar-refractivity contribution < 1.29 is 14.6 Å². The van der Waals surface area contributed by atoms with Gasteiger partial charge < -0.3 is 14.7 Å². The van der Waals surface area contributed by atoms with Crippen LogP contribution in [0, 0.1) is 6.92 Å². The first kappa shape index (κ1) is 14.9. The molecule has 4 nitrogen and oxygen atoms in total. The van der Waals surface area contributed by atoms with E-state index in [2.05, 4.69) is 0 Å². The van der Waals surface area contributed by atoms with Gasteiger partial charge in [0.15, 0.2) is 0 Å². The van der Waals surface area contributed by atoms with Crippen LogP contribution in [0.1, 0.15) is 41.6 Å². The van der Waals surface area contributed by atoms with Crippen LogP contribution in [0.15, 0.2) is 18.2 Å². The van der Waals surface area contributed by atoms with Crippen molar-refractivity contribution in [3.63, 3.8) is 0 Å². The molecule has 0 atom stereocenters. The van der Waals surface area contributed by atoms with Gasteiger partial charge in [-0.3, -0.25) is 4.79 Å². The molecule has 0 spiro atoms. The molecule has 0 saturated heterocycles. The lowest BCUT2D eigenvalue weighted by molar-refractivity contribution is 0.0562. The molecule has 1 N–H and O–H groups in total. The fourth-order valence-electron chi connectivity index (χ4n) is 2.51. The molecule has 4 heteroatoms. The van der Waals surface area contributed by atoms with E-state index in [9.17, 15) is 4.79 Å². The van der Waals surface area contributed by atoms with Gasteiger partial charge in [-0.2, -0.15) is 0 Å². The van der Waals surface area contributed by atoms with Crippen LogP contribution in [0.3, 0.4) is 0 Å². The van der Waals surface area contributed by atoms with Crippen LogP contribution in [0.25, 0.3) is 0 Å². The first-order valence-electron chi connectivity index (χ1n) is 7.24. The molecular weight excluding hydrogens is 254 g/mol. The highest BCUT2D eigenvalue weighted by Crippen LogP contribution is 2.27. The second-order valence-corrected chi connectivity index (χ2v) is 5.34. The van der Waals surface area contributed by atoms with Crippen molar-refractivity contribution in [3.8, 4) is 5.75 Å². The minimum Gasteiger partial charge on any atom is -0.496 e. The summed E-state index contributed by atoms with van der Waals surface area (Å²) in [5.74, 6) is 0.785. The standard InChI is InChI=1S/C16H23NO3/c1-12-7-8-13(11-15(12)20-2)16(19)17(9-4-10-18)14-5-3-6-14/h7-8,11,14,18H,3-6,9-10H2,1-2H3. The zero-order valence-electron chi connectivity index (χ0n) is 12.3. The summed E-state index contributed by atoms with van der Waals surface area (Å²) in [5, 5.41) is 9.00. The Morgan fingerprint density at radius 1 is 1.45 bits per heavy atom. The summed E-state index contributed by atoms with van der Waals surface area (Å²) in [7, 11) is 1.62. The van der Waals surface area contributed by atoms with Gasteiger partial charge in [0.25, 0.3) is 5.91 Å². The minimum absolute atomic E-state index is 0.0430. The summed E-state index contributed by atoms with van der Waals surface area (Å²) in [5.41, 5.74) is 1.69. The maximum Gasteiger partial charge on any atom is 0.254 e. The third kappa shape index (κ3) is 3.12. The number of nitrogens with zero attached hydrogens (tertiary/aromatic N) is 1. The lowest BCUT2D eigenvalue weighted by Crippen LogP contribution is -2.45. The van der Waals surface area contributed by atoms with E-state index in [-0.39, 0.29) is 12.5 Å². The number of aliphatic hydroxyl groups is 1. The monoisotopic (exact) mass is 277 g/mol. The van der Waals surface area contributed by atoms with E-state index in [0.29, 0.717) is 24.6 Å². The van der Waals surface area contributed by atoms with Crippen molar-refractivity contribution in [2.24, 2.45) is 0 Å². The van der Waals surface area contributed by atoms with Crippen molar-refractivity contribution in [2.45, 2.75) is 38.6 Å². The lowest BCUT2D eigenvalue weighted by atomic mass is 9.90. The zero-order valence-corrected chi connectivity index (χ0v) is 12.3. The molecule has 1 aliphatic carbocycles. The Balaban J connectivity index is 2.17. The van der Waals surface area contributed by atoms with Crippen LogP contribution in [-0.2, 0) is 0 Å². The molecule has 0 aromatic heterocycles. The van der Waals surface area contributed by atoms with E-state index in [0.717, 1.165) is 24.2 Å². The van der Waals surface area contributed by atoms with Gasteiger partial charge in [0.2, 0.25) is 0 Å². The number of methoxy groups -OCH3 is 1. The third-order valence-electron chi connectivity index (χ3n) is 3.99. The maximum absolute atomic E-state index is 12.7. The Morgan fingerprint density at radius 3 is 2.75 bits per heavy atom. The van der Waals surface area contributed by atoms with E-state index >= 15 is 0 Å². The average molecular weight is 277 g/mol. The zero-order chi connectivity index (χ0) is 14.5. The molecule has 1 saturated carbocycles. The van der Waals surface area contributed by atoms with Crippen molar-refractivity contribution in [1.82, 2.24) is 4.90 Å². The Morgan fingerprint density at radius 2 is 2.20 bits per heavy atom. The van der Waals surface area contributed by atoms with Gasteiger partial charge in [-0.05, 0) is 50.3 Å². The van der Waals surface area contributed by atoms with Gasteiger partial charge in [0.1, 0.15) is 5.75 Å². The molecule has 0 aliphatic heterocycles. The van der Waals surface area contributed by atoms with Crippen molar-refractivity contribution in [3.05, 3.63) is 29.3 Å². The number of carbonyl (C=O) groups excluding carboxylic acids is 1.